The number of rotatable bonds is 3. The van der Waals surface area contributed by atoms with Crippen LogP contribution in [0.5, 0.6) is 0 Å². The largest absolute Gasteiger partial charge is 0.322 e. The van der Waals surface area contributed by atoms with Gasteiger partial charge in [-0.05, 0) is 60.5 Å². The van der Waals surface area contributed by atoms with Gasteiger partial charge in [-0.15, -0.1) is 0 Å². The van der Waals surface area contributed by atoms with Gasteiger partial charge in [-0.25, -0.2) is 0 Å². The first kappa shape index (κ1) is 17.4. The van der Waals surface area contributed by atoms with Gasteiger partial charge in [0.2, 0.25) is 0 Å². The molecule has 1 aliphatic heterocycles. The van der Waals surface area contributed by atoms with E-state index >= 15 is 0 Å². The van der Waals surface area contributed by atoms with E-state index in [0.717, 1.165) is 27.8 Å². The van der Waals surface area contributed by atoms with Crippen LogP contribution in [0.15, 0.2) is 71.5 Å². The lowest BCUT2D eigenvalue weighted by Crippen LogP contribution is -2.28. The Morgan fingerprint density at radius 1 is 1.04 bits per heavy atom. The van der Waals surface area contributed by atoms with Crippen molar-refractivity contribution < 1.29 is 9.59 Å². The quantitative estimate of drug-likeness (QED) is 0.685. The molecule has 0 aliphatic carbocycles. The van der Waals surface area contributed by atoms with Gasteiger partial charge in [-0.3, -0.25) is 14.6 Å². The van der Waals surface area contributed by atoms with Crippen LogP contribution >= 0.6 is 15.9 Å². The molecule has 5 nitrogen and oxygen atoms in total. The zero-order chi connectivity index (χ0) is 18.8. The van der Waals surface area contributed by atoms with Crippen molar-refractivity contribution >= 4 is 39.1 Å². The normalized spacial score (nSPS) is 12.6. The molecule has 0 atom stereocenters. The van der Waals surface area contributed by atoms with Crippen LogP contribution in [0.3, 0.4) is 0 Å². The Kier molecular flexibility index (Phi) is 4.73. The number of hydrogen-bond acceptors (Lipinski definition) is 3. The summed E-state index contributed by atoms with van der Waals surface area (Å²) in [7, 11) is 0. The van der Waals surface area contributed by atoms with Crippen molar-refractivity contribution in [3.8, 4) is 0 Å². The molecule has 134 valence electrons. The number of nitrogens with one attached hydrogen (secondary N) is 1. The molecule has 0 saturated heterocycles. The van der Waals surface area contributed by atoms with Gasteiger partial charge in [0.05, 0.1) is 5.56 Å². The van der Waals surface area contributed by atoms with E-state index in [2.05, 4.69) is 26.2 Å². The van der Waals surface area contributed by atoms with E-state index in [-0.39, 0.29) is 11.8 Å². The zero-order valence-electron chi connectivity index (χ0n) is 14.4. The van der Waals surface area contributed by atoms with Crippen LogP contribution in [0.1, 0.15) is 26.3 Å². The maximum atomic E-state index is 12.7. The summed E-state index contributed by atoms with van der Waals surface area (Å²) in [5.41, 5.74) is 3.79. The molecule has 0 unspecified atom stereocenters. The predicted octanol–water partition coefficient (Wildman–Crippen LogP) is 4.30. The van der Waals surface area contributed by atoms with Gasteiger partial charge in [0, 0.05) is 40.3 Å². The Balaban J connectivity index is 1.53. The summed E-state index contributed by atoms with van der Waals surface area (Å²) >= 11 is 3.37. The zero-order valence-corrected chi connectivity index (χ0v) is 15.9. The van der Waals surface area contributed by atoms with Gasteiger partial charge < -0.3 is 10.2 Å². The van der Waals surface area contributed by atoms with Crippen LogP contribution in [0, 0.1) is 0 Å². The maximum Gasteiger partial charge on any atom is 0.259 e. The summed E-state index contributed by atoms with van der Waals surface area (Å²) in [5.74, 6) is -0.231. The fraction of sp³-hybridized carbons (Fsp3) is 0.0952. The number of fused-ring (bicyclic) bond motifs is 1. The number of pyridine rings is 1. The second-order valence-electron chi connectivity index (χ2n) is 6.26. The fourth-order valence-corrected chi connectivity index (χ4v) is 3.57. The third-order valence-electron chi connectivity index (χ3n) is 4.47. The molecule has 0 fully saturated rings. The minimum atomic E-state index is -0.169. The van der Waals surface area contributed by atoms with Crippen molar-refractivity contribution in [2.45, 2.75) is 6.42 Å². The highest BCUT2D eigenvalue weighted by Crippen LogP contribution is 2.31. The number of amides is 2. The van der Waals surface area contributed by atoms with Gasteiger partial charge in [0.1, 0.15) is 0 Å². The van der Waals surface area contributed by atoms with Crippen molar-refractivity contribution in [1.29, 1.82) is 0 Å². The summed E-state index contributed by atoms with van der Waals surface area (Å²) in [6.45, 7) is 0.617. The van der Waals surface area contributed by atoms with Crippen LogP contribution in [-0.4, -0.2) is 23.3 Å². The minimum absolute atomic E-state index is 0.0622. The van der Waals surface area contributed by atoms with E-state index in [1.54, 1.807) is 41.6 Å². The van der Waals surface area contributed by atoms with Gasteiger partial charge in [0.15, 0.2) is 0 Å². The average molecular weight is 422 g/mol. The molecule has 1 N–H and O–H groups in total. The Labute approximate surface area is 165 Å². The minimum Gasteiger partial charge on any atom is -0.322 e. The van der Waals surface area contributed by atoms with Crippen molar-refractivity contribution in [3.63, 3.8) is 0 Å². The van der Waals surface area contributed by atoms with Gasteiger partial charge in [-0.1, -0.05) is 22.0 Å². The van der Waals surface area contributed by atoms with Crippen LogP contribution in [0.4, 0.5) is 11.4 Å². The molecule has 0 saturated carbocycles. The lowest BCUT2D eigenvalue weighted by molar-refractivity contribution is 0.0987. The van der Waals surface area contributed by atoms with Crippen molar-refractivity contribution in [3.05, 3.63) is 88.2 Å². The van der Waals surface area contributed by atoms with Crippen LogP contribution < -0.4 is 10.2 Å². The smallest absolute Gasteiger partial charge is 0.259 e. The summed E-state index contributed by atoms with van der Waals surface area (Å²) in [5, 5.41) is 2.92. The second kappa shape index (κ2) is 7.32. The molecular weight excluding hydrogens is 406 g/mol. The Bertz CT molecular complexity index is 1020. The number of halogens is 1. The molecule has 0 radical (unpaired) electrons. The van der Waals surface area contributed by atoms with E-state index in [1.165, 1.54) is 0 Å². The highest BCUT2D eigenvalue weighted by atomic mass is 79.9. The molecule has 27 heavy (non-hydrogen) atoms. The lowest BCUT2D eigenvalue weighted by atomic mass is 10.1. The molecule has 0 spiro atoms. The van der Waals surface area contributed by atoms with Gasteiger partial charge in [0.25, 0.3) is 11.8 Å². The number of benzene rings is 2. The first-order valence-electron chi connectivity index (χ1n) is 8.53. The van der Waals surface area contributed by atoms with E-state index in [0.29, 0.717) is 17.7 Å². The number of carbonyl (C=O) groups excluding carboxylic acids is 2. The molecule has 6 heteroatoms. The standard InChI is InChI=1S/C21H16BrN3O2/c22-17-5-1-3-15(11-17)20(26)24-18-6-7-19-14(12-18)8-10-25(19)21(27)16-4-2-9-23-13-16/h1-7,9,11-13H,8,10H2,(H,24,26). The number of carbonyl (C=O) groups is 2. The molecule has 4 rings (SSSR count). The highest BCUT2D eigenvalue weighted by Gasteiger charge is 2.26. The third kappa shape index (κ3) is 3.61. The number of aromatic nitrogens is 1. The number of nitrogens with zero attached hydrogens (tertiary/aromatic N) is 2. The Morgan fingerprint density at radius 3 is 2.67 bits per heavy atom. The van der Waals surface area contributed by atoms with E-state index in [4.69, 9.17) is 0 Å². The van der Waals surface area contributed by atoms with Crippen LogP contribution in [-0.2, 0) is 6.42 Å². The molecular formula is C21H16BrN3O2. The third-order valence-corrected chi connectivity index (χ3v) is 4.97. The maximum absolute atomic E-state index is 12.7. The lowest BCUT2D eigenvalue weighted by Gasteiger charge is -2.17. The number of anilines is 2. The molecule has 2 heterocycles. The molecule has 2 aromatic carbocycles. The van der Waals surface area contributed by atoms with Crippen LogP contribution in [0.2, 0.25) is 0 Å². The van der Waals surface area contributed by atoms with Gasteiger partial charge in [-0.2, -0.15) is 0 Å². The molecule has 3 aromatic rings. The van der Waals surface area contributed by atoms with Crippen LogP contribution in [0.25, 0.3) is 0 Å². The Morgan fingerprint density at radius 2 is 1.89 bits per heavy atom. The summed E-state index contributed by atoms with van der Waals surface area (Å²) < 4.78 is 0.855. The topological polar surface area (TPSA) is 62.3 Å². The average Bonchev–Trinajstić information content (AvgIpc) is 3.11. The fourth-order valence-electron chi connectivity index (χ4n) is 3.17. The number of hydrogen-bond donors (Lipinski definition) is 1. The van der Waals surface area contributed by atoms with E-state index in [9.17, 15) is 9.59 Å². The molecule has 2 amide bonds. The summed E-state index contributed by atoms with van der Waals surface area (Å²) in [6, 6.07) is 16.4. The van der Waals surface area contributed by atoms with Crippen molar-refractivity contribution in [2.24, 2.45) is 0 Å². The SMILES string of the molecule is O=C(Nc1ccc2c(c1)CCN2C(=O)c1cccnc1)c1cccc(Br)c1. The molecule has 0 bridgehead atoms. The molecule has 1 aliphatic rings. The Hall–Kier alpha value is -2.99. The first-order chi connectivity index (χ1) is 13.1. The van der Waals surface area contributed by atoms with Crippen molar-refractivity contribution in [2.75, 3.05) is 16.8 Å². The van der Waals surface area contributed by atoms with Gasteiger partial charge >= 0.3 is 0 Å². The van der Waals surface area contributed by atoms with Crippen molar-refractivity contribution in [1.82, 2.24) is 4.98 Å². The van der Waals surface area contributed by atoms with E-state index in [1.807, 2.05) is 30.3 Å². The van der Waals surface area contributed by atoms with E-state index < -0.39 is 0 Å². The highest BCUT2D eigenvalue weighted by molar-refractivity contribution is 9.10. The summed E-state index contributed by atoms with van der Waals surface area (Å²) in [4.78, 5) is 30.9. The predicted molar refractivity (Wildman–Crippen MR) is 108 cm³/mol. The summed E-state index contributed by atoms with van der Waals surface area (Å²) in [6.07, 6.45) is 3.98. The second-order valence-corrected chi connectivity index (χ2v) is 7.17. The molecule has 1 aromatic heterocycles. The first-order valence-corrected chi connectivity index (χ1v) is 9.33. The monoisotopic (exact) mass is 421 g/mol.